The Labute approximate surface area is 208 Å². The average Bonchev–Trinajstić information content (AvgIpc) is 2.86. The summed E-state index contributed by atoms with van der Waals surface area (Å²) in [5.41, 5.74) is 6.02. The van der Waals surface area contributed by atoms with Crippen molar-refractivity contribution in [3.8, 4) is 5.75 Å². The number of nitrogens with zero attached hydrogens (tertiary/aromatic N) is 1. The number of halogens is 2. The molecule has 6 heteroatoms. The number of hydrogen-bond acceptors (Lipinski definition) is 3. The number of amides is 1. The average molecular weight is 489 g/mol. The smallest absolute Gasteiger partial charge is 0.252 e. The molecule has 1 N–H and O–H groups in total. The topological polar surface area (TPSA) is 50.7 Å². The van der Waals surface area contributed by atoms with Gasteiger partial charge in [-0.15, -0.1) is 0 Å². The third-order valence-corrected chi connectivity index (χ3v) is 5.81. The second kappa shape index (κ2) is 11.5. The fourth-order valence-corrected chi connectivity index (χ4v) is 3.99. The van der Waals surface area contributed by atoms with Crippen LogP contribution in [0.1, 0.15) is 28.2 Å². The van der Waals surface area contributed by atoms with Gasteiger partial charge < -0.3 is 4.74 Å². The van der Waals surface area contributed by atoms with Gasteiger partial charge in [-0.05, 0) is 35.4 Å². The molecular formula is C28H22Cl2N2O2. The maximum Gasteiger partial charge on any atom is 0.252 e. The van der Waals surface area contributed by atoms with E-state index in [0.717, 1.165) is 22.3 Å². The van der Waals surface area contributed by atoms with Crippen molar-refractivity contribution >= 4 is 35.3 Å². The van der Waals surface area contributed by atoms with Gasteiger partial charge in [0.25, 0.3) is 5.91 Å². The molecule has 4 aromatic rings. The number of ether oxygens (including phenoxy) is 1. The van der Waals surface area contributed by atoms with E-state index in [1.54, 1.807) is 18.3 Å². The SMILES string of the molecule is O=C(N/N=C/c1ccccc1OCc1ccc(Cl)cc1Cl)C(c1ccccc1)c1ccccc1. The highest BCUT2D eigenvalue weighted by Gasteiger charge is 2.22. The molecule has 0 aliphatic carbocycles. The minimum atomic E-state index is -0.474. The van der Waals surface area contributed by atoms with Crippen molar-refractivity contribution in [3.05, 3.63) is 135 Å². The molecule has 1 amide bonds. The monoisotopic (exact) mass is 488 g/mol. The van der Waals surface area contributed by atoms with Crippen LogP contribution in [0.25, 0.3) is 0 Å². The number of rotatable bonds is 8. The van der Waals surface area contributed by atoms with Crippen molar-refractivity contribution in [2.75, 3.05) is 0 Å². The zero-order valence-corrected chi connectivity index (χ0v) is 19.7. The maximum absolute atomic E-state index is 13.1. The van der Waals surface area contributed by atoms with Crippen LogP contribution in [0, 0.1) is 0 Å². The van der Waals surface area contributed by atoms with E-state index < -0.39 is 5.92 Å². The van der Waals surface area contributed by atoms with Crippen LogP contribution < -0.4 is 10.2 Å². The van der Waals surface area contributed by atoms with Gasteiger partial charge in [0.1, 0.15) is 12.4 Å². The van der Waals surface area contributed by atoms with Crippen LogP contribution in [0.2, 0.25) is 10.0 Å². The van der Waals surface area contributed by atoms with E-state index in [9.17, 15) is 4.79 Å². The summed E-state index contributed by atoms with van der Waals surface area (Å²) in [5, 5.41) is 5.32. The molecule has 170 valence electrons. The molecule has 0 spiro atoms. The molecule has 0 aliphatic heterocycles. The van der Waals surface area contributed by atoms with Gasteiger partial charge in [-0.1, -0.05) is 102 Å². The van der Waals surface area contributed by atoms with E-state index in [-0.39, 0.29) is 12.5 Å². The number of carbonyl (C=O) groups is 1. The molecule has 4 nitrogen and oxygen atoms in total. The van der Waals surface area contributed by atoms with Crippen molar-refractivity contribution < 1.29 is 9.53 Å². The van der Waals surface area contributed by atoms with Gasteiger partial charge in [0, 0.05) is 21.2 Å². The Bertz CT molecular complexity index is 1240. The van der Waals surface area contributed by atoms with E-state index in [4.69, 9.17) is 27.9 Å². The van der Waals surface area contributed by atoms with Crippen molar-refractivity contribution in [1.82, 2.24) is 5.43 Å². The van der Waals surface area contributed by atoms with Gasteiger partial charge in [0.05, 0.1) is 12.1 Å². The summed E-state index contributed by atoms with van der Waals surface area (Å²) in [6.45, 7) is 0.275. The molecule has 0 aromatic heterocycles. The molecule has 0 atom stereocenters. The normalized spacial score (nSPS) is 11.0. The molecule has 0 saturated heterocycles. The molecule has 0 radical (unpaired) electrons. The number of para-hydroxylation sites is 1. The predicted molar refractivity (Wildman–Crippen MR) is 138 cm³/mol. The molecule has 0 aliphatic rings. The lowest BCUT2D eigenvalue weighted by molar-refractivity contribution is -0.121. The van der Waals surface area contributed by atoms with Crippen LogP contribution in [-0.4, -0.2) is 12.1 Å². The minimum Gasteiger partial charge on any atom is -0.488 e. The Balaban J connectivity index is 1.48. The van der Waals surface area contributed by atoms with Gasteiger partial charge in [0.2, 0.25) is 0 Å². The Morgan fingerprint density at radius 1 is 0.853 bits per heavy atom. The Morgan fingerprint density at radius 2 is 1.47 bits per heavy atom. The van der Waals surface area contributed by atoms with E-state index in [0.29, 0.717) is 15.8 Å². The molecule has 0 bridgehead atoms. The first-order valence-corrected chi connectivity index (χ1v) is 11.5. The summed E-state index contributed by atoms with van der Waals surface area (Å²) in [6.07, 6.45) is 1.57. The first-order valence-electron chi connectivity index (χ1n) is 10.7. The van der Waals surface area contributed by atoms with Crippen molar-refractivity contribution in [1.29, 1.82) is 0 Å². The lowest BCUT2D eigenvalue weighted by Gasteiger charge is -2.16. The largest absolute Gasteiger partial charge is 0.488 e. The van der Waals surface area contributed by atoms with Crippen LogP contribution in [0.15, 0.2) is 108 Å². The Morgan fingerprint density at radius 3 is 2.12 bits per heavy atom. The first-order chi connectivity index (χ1) is 16.6. The van der Waals surface area contributed by atoms with Crippen LogP contribution >= 0.6 is 23.2 Å². The summed E-state index contributed by atoms with van der Waals surface area (Å²) in [6, 6.07) is 32.0. The van der Waals surface area contributed by atoms with Gasteiger partial charge in [-0.2, -0.15) is 5.10 Å². The lowest BCUT2D eigenvalue weighted by atomic mass is 9.91. The van der Waals surface area contributed by atoms with Crippen molar-refractivity contribution in [2.45, 2.75) is 12.5 Å². The Hall–Kier alpha value is -3.60. The second-order valence-electron chi connectivity index (χ2n) is 7.55. The van der Waals surface area contributed by atoms with Crippen molar-refractivity contribution in [2.24, 2.45) is 5.10 Å². The molecule has 34 heavy (non-hydrogen) atoms. The fourth-order valence-electron chi connectivity index (χ4n) is 3.53. The Kier molecular flexibility index (Phi) is 7.97. The van der Waals surface area contributed by atoms with Crippen LogP contribution in [0.5, 0.6) is 5.75 Å². The molecule has 4 aromatic carbocycles. The molecule has 0 fully saturated rings. The standard InChI is InChI=1S/C28H22Cl2N2O2/c29-24-16-15-23(25(30)17-24)19-34-26-14-8-7-13-22(26)18-31-32-28(33)27(20-9-3-1-4-10-20)21-11-5-2-6-12-21/h1-18,27H,19H2,(H,32,33)/b31-18+. The van der Waals surface area contributed by atoms with E-state index in [1.165, 1.54) is 0 Å². The minimum absolute atomic E-state index is 0.222. The van der Waals surface area contributed by atoms with Crippen LogP contribution in [-0.2, 0) is 11.4 Å². The van der Waals surface area contributed by atoms with Gasteiger partial charge in [-0.3, -0.25) is 4.79 Å². The lowest BCUT2D eigenvalue weighted by Crippen LogP contribution is -2.26. The van der Waals surface area contributed by atoms with Crippen molar-refractivity contribution in [3.63, 3.8) is 0 Å². The predicted octanol–water partition coefficient (Wildman–Crippen LogP) is 6.85. The van der Waals surface area contributed by atoms with Gasteiger partial charge >= 0.3 is 0 Å². The number of benzene rings is 4. The highest BCUT2D eigenvalue weighted by molar-refractivity contribution is 6.35. The molecular weight excluding hydrogens is 467 g/mol. The van der Waals surface area contributed by atoms with Gasteiger partial charge in [0.15, 0.2) is 0 Å². The summed E-state index contributed by atoms with van der Waals surface area (Å²) >= 11 is 12.2. The summed E-state index contributed by atoms with van der Waals surface area (Å²) in [4.78, 5) is 13.1. The highest BCUT2D eigenvalue weighted by atomic mass is 35.5. The van der Waals surface area contributed by atoms with Crippen LogP contribution in [0.4, 0.5) is 0 Å². The molecule has 0 saturated carbocycles. The quantitative estimate of drug-likeness (QED) is 0.217. The molecule has 0 unspecified atom stereocenters. The highest BCUT2D eigenvalue weighted by Crippen LogP contribution is 2.25. The van der Waals surface area contributed by atoms with Gasteiger partial charge in [-0.25, -0.2) is 5.43 Å². The molecule has 0 heterocycles. The van der Waals surface area contributed by atoms with Crippen LogP contribution in [0.3, 0.4) is 0 Å². The second-order valence-corrected chi connectivity index (χ2v) is 8.39. The fraction of sp³-hybridized carbons (Fsp3) is 0.0714. The summed E-state index contributed by atoms with van der Waals surface area (Å²) < 4.78 is 5.96. The van der Waals surface area contributed by atoms with E-state index in [1.807, 2.05) is 91.0 Å². The maximum atomic E-state index is 13.1. The number of nitrogens with one attached hydrogen (secondary N) is 1. The summed E-state index contributed by atoms with van der Waals surface area (Å²) in [7, 11) is 0. The number of carbonyl (C=O) groups excluding carboxylic acids is 1. The summed E-state index contributed by atoms with van der Waals surface area (Å²) in [5.74, 6) is -0.0766. The number of hydrogen-bond donors (Lipinski definition) is 1. The zero-order chi connectivity index (χ0) is 23.8. The zero-order valence-electron chi connectivity index (χ0n) is 18.2. The van der Waals surface area contributed by atoms with E-state index in [2.05, 4.69) is 10.5 Å². The molecule has 4 rings (SSSR count). The number of hydrazone groups is 1. The van der Waals surface area contributed by atoms with E-state index >= 15 is 0 Å². The first kappa shape index (κ1) is 23.6. The third-order valence-electron chi connectivity index (χ3n) is 5.22. The third kappa shape index (κ3) is 6.04.